The van der Waals surface area contributed by atoms with Crippen LogP contribution in [0.2, 0.25) is 0 Å². The van der Waals surface area contributed by atoms with Crippen molar-refractivity contribution < 1.29 is 0 Å². The highest BCUT2D eigenvalue weighted by molar-refractivity contribution is 6.13. The molecule has 0 unspecified atom stereocenters. The van der Waals surface area contributed by atoms with Gasteiger partial charge in [0.15, 0.2) is 11.4 Å². The first-order valence-corrected chi connectivity index (χ1v) is 15.3. The molecule has 0 radical (unpaired) electrons. The number of nitriles is 4. The number of hydrogen-bond donors (Lipinski definition) is 0. The van der Waals surface area contributed by atoms with Gasteiger partial charge < -0.3 is 9.13 Å². The van der Waals surface area contributed by atoms with Crippen molar-refractivity contribution in [1.29, 1.82) is 21.0 Å². The van der Waals surface area contributed by atoms with Crippen molar-refractivity contribution in [3.8, 4) is 46.8 Å². The lowest BCUT2D eigenvalue weighted by Gasteiger charge is -2.20. The smallest absolute Gasteiger partial charge is 0.197 e. The maximum atomic E-state index is 9.80. The van der Waals surface area contributed by atoms with Gasteiger partial charge >= 0.3 is 0 Å². The summed E-state index contributed by atoms with van der Waals surface area (Å²) in [6, 6.07) is 41.6. The van der Waals surface area contributed by atoms with Gasteiger partial charge in [-0.05, 0) is 108 Å². The van der Waals surface area contributed by atoms with Crippen molar-refractivity contribution in [3.05, 3.63) is 154 Å². The average molecular weight is 635 g/mol. The predicted octanol–water partition coefficient (Wildman–Crippen LogP) is 10.1. The summed E-state index contributed by atoms with van der Waals surface area (Å²) in [6.07, 6.45) is 0. The van der Waals surface area contributed by atoms with Crippen LogP contribution in [-0.2, 0) is 0 Å². The Labute approximate surface area is 285 Å². The Kier molecular flexibility index (Phi) is 6.60. The molecule has 0 N–H and O–H groups in total. The van der Waals surface area contributed by atoms with Gasteiger partial charge in [-0.2, -0.15) is 21.0 Å². The third kappa shape index (κ3) is 4.33. The van der Waals surface area contributed by atoms with Crippen molar-refractivity contribution >= 4 is 55.0 Å². The quantitative estimate of drug-likeness (QED) is 0.180. The summed E-state index contributed by atoms with van der Waals surface area (Å²) in [5.74, 6) is 0. The van der Waals surface area contributed by atoms with E-state index in [-0.39, 0.29) is 0 Å². The van der Waals surface area contributed by atoms with Gasteiger partial charge in [0.25, 0.3) is 0 Å². The minimum Gasteiger partial charge on any atom is -0.309 e. The lowest BCUT2D eigenvalue weighted by atomic mass is 9.99. The molecule has 8 rings (SSSR count). The minimum absolute atomic E-state index is 0.361. The molecule has 0 aliphatic carbocycles. The third-order valence-electron chi connectivity index (χ3n) is 9.03. The molecule has 2 aromatic heterocycles. The Morgan fingerprint density at radius 3 is 1.40 bits per heavy atom. The summed E-state index contributed by atoms with van der Waals surface area (Å²) in [5, 5.41) is 42.2. The van der Waals surface area contributed by atoms with E-state index in [1.165, 1.54) is 0 Å². The van der Waals surface area contributed by atoms with Gasteiger partial charge in [0.05, 0.1) is 93.1 Å². The molecular formula is C42H18N8. The SMILES string of the molecule is [C-]#[N+]c1ccc2c(c1)c1cc(C#N)ccc1n2-c1cc([N+]#[C-])c(-c2cccc(C#N)c2)cc1-n1c2ccc(C#N)cc2c2cc(C#N)ccc21. The second kappa shape index (κ2) is 11.3. The molecule has 0 saturated heterocycles. The van der Waals surface area contributed by atoms with E-state index in [1.54, 1.807) is 42.5 Å². The molecule has 0 saturated carbocycles. The first-order valence-electron chi connectivity index (χ1n) is 15.3. The summed E-state index contributed by atoms with van der Waals surface area (Å²) in [6.45, 7) is 16.0. The average Bonchev–Trinajstić information content (AvgIpc) is 3.67. The number of rotatable bonds is 3. The fourth-order valence-electron chi connectivity index (χ4n) is 6.84. The highest BCUT2D eigenvalue weighted by Gasteiger charge is 2.23. The maximum absolute atomic E-state index is 9.80. The molecule has 8 aromatic rings. The van der Waals surface area contributed by atoms with Gasteiger partial charge in [-0.3, -0.25) is 0 Å². The standard InChI is InChI=1S/C42H18N8/c1-47-30-9-13-40-35(18-30)34-17-28(24-46)8-12-39(34)50(40)42-20-36(48-2)31(29-5-3-4-25(14-29)21-43)19-41(42)49-37-10-6-26(22-44)15-32(37)33-16-27(23-45)7-11-38(33)49/h3-20H. The van der Waals surface area contributed by atoms with E-state index in [9.17, 15) is 21.0 Å². The molecule has 0 aliphatic heterocycles. The second-order valence-corrected chi connectivity index (χ2v) is 11.7. The fraction of sp³-hybridized carbons (Fsp3) is 0. The molecular weight excluding hydrogens is 617 g/mol. The van der Waals surface area contributed by atoms with Gasteiger partial charge in [-0.15, -0.1) is 0 Å². The topological polar surface area (TPSA) is 114 Å². The summed E-state index contributed by atoms with van der Waals surface area (Å²) in [7, 11) is 0. The van der Waals surface area contributed by atoms with Crippen LogP contribution in [0.15, 0.2) is 109 Å². The monoisotopic (exact) mass is 634 g/mol. The highest BCUT2D eigenvalue weighted by atomic mass is 15.1. The van der Waals surface area contributed by atoms with Crippen LogP contribution in [0.1, 0.15) is 22.3 Å². The maximum Gasteiger partial charge on any atom is 0.197 e. The predicted molar refractivity (Wildman–Crippen MR) is 192 cm³/mol. The van der Waals surface area contributed by atoms with E-state index in [2.05, 4.69) is 38.5 Å². The Balaban J connectivity index is 1.59. The van der Waals surface area contributed by atoms with Crippen LogP contribution in [0.5, 0.6) is 0 Å². The van der Waals surface area contributed by atoms with E-state index in [1.807, 2.05) is 71.3 Å². The summed E-state index contributed by atoms with van der Waals surface area (Å²) < 4.78 is 4.12. The van der Waals surface area contributed by atoms with E-state index in [0.29, 0.717) is 56.1 Å². The molecule has 226 valence electrons. The van der Waals surface area contributed by atoms with Crippen LogP contribution < -0.4 is 0 Å². The molecule has 0 bridgehead atoms. The van der Waals surface area contributed by atoms with Gasteiger partial charge in [0.2, 0.25) is 0 Å². The lowest BCUT2D eigenvalue weighted by molar-refractivity contribution is 1.10. The highest BCUT2D eigenvalue weighted by Crippen LogP contribution is 2.44. The Morgan fingerprint density at radius 1 is 0.460 bits per heavy atom. The summed E-state index contributed by atoms with van der Waals surface area (Å²) in [4.78, 5) is 7.63. The van der Waals surface area contributed by atoms with Crippen LogP contribution >= 0.6 is 0 Å². The van der Waals surface area contributed by atoms with Crippen LogP contribution in [0.4, 0.5) is 11.4 Å². The molecule has 0 amide bonds. The van der Waals surface area contributed by atoms with Crippen molar-refractivity contribution in [3.63, 3.8) is 0 Å². The van der Waals surface area contributed by atoms with Crippen LogP contribution in [0.25, 0.3) is 75.8 Å². The van der Waals surface area contributed by atoms with E-state index in [0.717, 1.165) is 43.6 Å². The lowest BCUT2D eigenvalue weighted by Crippen LogP contribution is -2.04. The van der Waals surface area contributed by atoms with Crippen LogP contribution in [-0.4, -0.2) is 9.13 Å². The molecule has 2 heterocycles. The van der Waals surface area contributed by atoms with Gasteiger partial charge in [0.1, 0.15) is 0 Å². The Morgan fingerprint density at radius 2 is 0.920 bits per heavy atom. The Bertz CT molecular complexity index is 2920. The van der Waals surface area contributed by atoms with Gasteiger partial charge in [-0.1, -0.05) is 18.2 Å². The fourth-order valence-corrected chi connectivity index (χ4v) is 6.84. The molecule has 8 heteroatoms. The number of nitrogens with zero attached hydrogens (tertiary/aromatic N) is 8. The Hall–Kier alpha value is -8.14. The zero-order chi connectivity index (χ0) is 34.5. The first-order chi connectivity index (χ1) is 24.5. The molecule has 0 fully saturated rings. The van der Waals surface area contributed by atoms with Crippen molar-refractivity contribution in [2.45, 2.75) is 0 Å². The van der Waals surface area contributed by atoms with E-state index < -0.39 is 0 Å². The number of aromatic nitrogens is 2. The number of benzene rings is 6. The number of hydrogen-bond acceptors (Lipinski definition) is 4. The second-order valence-electron chi connectivity index (χ2n) is 11.7. The van der Waals surface area contributed by atoms with E-state index in [4.69, 9.17) is 13.1 Å². The van der Waals surface area contributed by atoms with Crippen LogP contribution in [0.3, 0.4) is 0 Å². The molecule has 0 aliphatic rings. The van der Waals surface area contributed by atoms with Crippen molar-refractivity contribution in [2.75, 3.05) is 0 Å². The molecule has 50 heavy (non-hydrogen) atoms. The zero-order valence-corrected chi connectivity index (χ0v) is 26.0. The zero-order valence-electron chi connectivity index (χ0n) is 26.0. The summed E-state index contributed by atoms with van der Waals surface area (Å²) >= 11 is 0. The molecule has 6 aromatic carbocycles. The normalized spacial score (nSPS) is 10.7. The van der Waals surface area contributed by atoms with Crippen molar-refractivity contribution in [1.82, 2.24) is 9.13 Å². The van der Waals surface area contributed by atoms with E-state index >= 15 is 0 Å². The largest absolute Gasteiger partial charge is 0.309 e. The first kappa shape index (κ1) is 29.3. The van der Waals surface area contributed by atoms with Crippen LogP contribution in [0, 0.1) is 58.5 Å². The van der Waals surface area contributed by atoms with Gasteiger partial charge in [-0.25, -0.2) is 9.69 Å². The molecule has 0 atom stereocenters. The summed E-state index contributed by atoms with van der Waals surface area (Å²) in [5.41, 5.74) is 8.49. The van der Waals surface area contributed by atoms with Gasteiger partial charge in [0, 0.05) is 16.2 Å². The minimum atomic E-state index is 0.361. The molecule has 0 spiro atoms. The molecule has 8 nitrogen and oxygen atoms in total. The number of fused-ring (bicyclic) bond motifs is 6. The third-order valence-corrected chi connectivity index (χ3v) is 9.03. The van der Waals surface area contributed by atoms with Crippen molar-refractivity contribution in [2.24, 2.45) is 0 Å².